The number of rotatable bonds is 0. The van der Waals surface area contributed by atoms with Gasteiger partial charge >= 0.3 is 0 Å². The normalized spacial score (nSPS) is 53.9. The second-order valence-corrected chi connectivity index (χ2v) is 7.18. The van der Waals surface area contributed by atoms with E-state index < -0.39 is 0 Å². The van der Waals surface area contributed by atoms with Crippen LogP contribution >= 0.6 is 0 Å². The predicted octanol–water partition coefficient (Wildman–Crippen LogP) is 3.46. The molecule has 0 amide bonds. The van der Waals surface area contributed by atoms with Gasteiger partial charge < -0.3 is 9.47 Å². The zero-order valence-corrected chi connectivity index (χ0v) is 11.5. The van der Waals surface area contributed by atoms with Crippen LogP contribution in [-0.4, -0.2) is 23.4 Å². The zero-order chi connectivity index (χ0) is 12.3. The fourth-order valence-electron chi connectivity index (χ4n) is 3.18. The monoisotopic (exact) mass is 236 g/mol. The maximum absolute atomic E-state index is 5.92. The lowest BCUT2D eigenvalue weighted by molar-refractivity contribution is 0.267. The van der Waals surface area contributed by atoms with Crippen LogP contribution in [0.2, 0.25) is 0 Å². The predicted molar refractivity (Wildman–Crippen MR) is 67.9 cm³/mol. The highest BCUT2D eigenvalue weighted by Crippen LogP contribution is 2.51. The molecule has 0 bridgehead atoms. The van der Waals surface area contributed by atoms with Crippen molar-refractivity contribution in [3.05, 3.63) is 12.2 Å². The molecule has 0 aromatic carbocycles. The van der Waals surface area contributed by atoms with Gasteiger partial charge in [0.15, 0.2) is 0 Å². The summed E-state index contributed by atoms with van der Waals surface area (Å²) >= 11 is 0. The molecule has 1 aliphatic carbocycles. The Kier molecular flexibility index (Phi) is 2.32. The third-order valence-corrected chi connectivity index (χ3v) is 4.78. The van der Waals surface area contributed by atoms with Gasteiger partial charge in [0.25, 0.3) is 0 Å². The molecule has 2 heteroatoms. The van der Waals surface area contributed by atoms with E-state index >= 15 is 0 Å². The van der Waals surface area contributed by atoms with Crippen molar-refractivity contribution in [1.29, 1.82) is 0 Å². The molecular weight excluding hydrogens is 212 g/mol. The lowest BCUT2D eigenvalue weighted by atomic mass is 9.84. The molecule has 2 heterocycles. The first kappa shape index (κ1) is 11.7. The first-order valence-corrected chi connectivity index (χ1v) is 6.86. The van der Waals surface area contributed by atoms with Crippen LogP contribution in [0.3, 0.4) is 0 Å². The van der Waals surface area contributed by atoms with E-state index in [2.05, 4.69) is 39.8 Å². The van der Waals surface area contributed by atoms with Crippen LogP contribution in [0.4, 0.5) is 0 Å². The van der Waals surface area contributed by atoms with E-state index in [-0.39, 0.29) is 16.6 Å². The standard InChI is InChI=1S/C15H24O2/c1-13(2)7-5-8-14(3)11(16-14)6-9-15(4)12(10-13)17-15/h5,7,11-12H,6,8-10H2,1-4H3/b7-5+/t11-,12-,14-,15-/m0/s1. The van der Waals surface area contributed by atoms with Gasteiger partial charge in [-0.05, 0) is 44.9 Å². The minimum absolute atomic E-state index is 0.109. The Morgan fingerprint density at radius 2 is 1.71 bits per heavy atom. The van der Waals surface area contributed by atoms with Gasteiger partial charge in [-0.1, -0.05) is 26.0 Å². The van der Waals surface area contributed by atoms with Crippen molar-refractivity contribution in [3.63, 3.8) is 0 Å². The van der Waals surface area contributed by atoms with E-state index in [1.54, 1.807) is 0 Å². The largest absolute Gasteiger partial charge is 0.366 e. The average Bonchev–Trinajstić information content (AvgIpc) is 3.01. The summed E-state index contributed by atoms with van der Waals surface area (Å²) in [6, 6.07) is 0. The SMILES string of the molecule is CC1(C)/C=C/C[C@]2(C)O[C@H]2CC[C@]2(C)O[C@H]2C1. The zero-order valence-electron chi connectivity index (χ0n) is 11.5. The Bertz CT molecular complexity index is 360. The van der Waals surface area contributed by atoms with Gasteiger partial charge in [0.1, 0.15) is 0 Å². The Morgan fingerprint density at radius 3 is 2.47 bits per heavy atom. The third kappa shape index (κ3) is 2.17. The van der Waals surface area contributed by atoms with Crippen molar-refractivity contribution in [3.8, 4) is 0 Å². The van der Waals surface area contributed by atoms with Crippen LogP contribution < -0.4 is 0 Å². The molecular formula is C15H24O2. The maximum atomic E-state index is 5.92. The molecule has 96 valence electrons. The van der Waals surface area contributed by atoms with Crippen LogP contribution in [0.25, 0.3) is 0 Å². The number of hydrogen-bond donors (Lipinski definition) is 0. The molecule has 3 aliphatic rings. The highest BCUT2D eigenvalue weighted by Gasteiger charge is 2.57. The summed E-state index contributed by atoms with van der Waals surface area (Å²) in [5.74, 6) is 0. The van der Waals surface area contributed by atoms with E-state index in [1.165, 1.54) is 0 Å². The highest BCUT2D eigenvalue weighted by atomic mass is 16.6. The summed E-state index contributed by atoms with van der Waals surface area (Å²) in [6.07, 6.45) is 10.1. The van der Waals surface area contributed by atoms with Crippen molar-refractivity contribution in [2.75, 3.05) is 0 Å². The van der Waals surface area contributed by atoms with Crippen LogP contribution in [-0.2, 0) is 9.47 Å². The van der Waals surface area contributed by atoms with E-state index in [0.717, 1.165) is 25.7 Å². The molecule has 0 aromatic heterocycles. The molecule has 0 aromatic rings. The molecule has 0 radical (unpaired) electrons. The van der Waals surface area contributed by atoms with Gasteiger partial charge in [-0.15, -0.1) is 0 Å². The Hall–Kier alpha value is -0.340. The van der Waals surface area contributed by atoms with Crippen molar-refractivity contribution in [2.45, 2.75) is 76.8 Å². The number of epoxide rings is 2. The molecule has 0 spiro atoms. The first-order valence-electron chi connectivity index (χ1n) is 6.86. The van der Waals surface area contributed by atoms with Gasteiger partial charge in [-0.25, -0.2) is 0 Å². The summed E-state index contributed by atoms with van der Waals surface area (Å²) in [5, 5.41) is 0. The molecule has 2 saturated heterocycles. The van der Waals surface area contributed by atoms with Crippen molar-refractivity contribution in [2.24, 2.45) is 5.41 Å². The minimum Gasteiger partial charge on any atom is -0.366 e. The third-order valence-electron chi connectivity index (χ3n) is 4.78. The summed E-state index contributed by atoms with van der Waals surface area (Å²) in [4.78, 5) is 0. The van der Waals surface area contributed by atoms with Crippen LogP contribution in [0.5, 0.6) is 0 Å². The lowest BCUT2D eigenvalue weighted by Gasteiger charge is -2.19. The molecule has 4 atom stereocenters. The summed E-state index contributed by atoms with van der Waals surface area (Å²) in [7, 11) is 0. The first-order chi connectivity index (χ1) is 7.83. The minimum atomic E-state index is 0.109. The van der Waals surface area contributed by atoms with Gasteiger partial charge in [-0.3, -0.25) is 0 Å². The summed E-state index contributed by atoms with van der Waals surface area (Å²) in [6.45, 7) is 9.10. The second kappa shape index (κ2) is 3.36. The molecule has 2 fully saturated rings. The summed E-state index contributed by atoms with van der Waals surface area (Å²) < 4.78 is 11.8. The molecule has 2 aliphatic heterocycles. The van der Waals surface area contributed by atoms with Crippen LogP contribution in [0.1, 0.15) is 53.4 Å². The summed E-state index contributed by atoms with van der Waals surface area (Å²) in [5.41, 5.74) is 0.480. The van der Waals surface area contributed by atoms with Crippen molar-refractivity contribution < 1.29 is 9.47 Å². The quantitative estimate of drug-likeness (QED) is 0.475. The molecule has 0 unspecified atom stereocenters. The van der Waals surface area contributed by atoms with E-state index in [0.29, 0.717) is 12.2 Å². The topological polar surface area (TPSA) is 25.1 Å². The molecule has 0 saturated carbocycles. The molecule has 17 heavy (non-hydrogen) atoms. The second-order valence-electron chi connectivity index (χ2n) is 7.18. The van der Waals surface area contributed by atoms with Gasteiger partial charge in [-0.2, -0.15) is 0 Å². The van der Waals surface area contributed by atoms with E-state index in [1.807, 2.05) is 0 Å². The number of fused-ring (bicyclic) bond motifs is 2. The fraction of sp³-hybridized carbons (Fsp3) is 0.867. The van der Waals surface area contributed by atoms with Crippen LogP contribution in [0.15, 0.2) is 12.2 Å². The number of hydrogen-bond acceptors (Lipinski definition) is 2. The van der Waals surface area contributed by atoms with Crippen LogP contribution in [0, 0.1) is 5.41 Å². The van der Waals surface area contributed by atoms with Crippen molar-refractivity contribution in [1.82, 2.24) is 0 Å². The van der Waals surface area contributed by atoms with E-state index in [4.69, 9.17) is 9.47 Å². The maximum Gasteiger partial charge on any atom is 0.0954 e. The number of allylic oxidation sites excluding steroid dienone is 1. The highest BCUT2D eigenvalue weighted by molar-refractivity contribution is 5.12. The Labute approximate surface area is 104 Å². The average molecular weight is 236 g/mol. The van der Waals surface area contributed by atoms with Gasteiger partial charge in [0.2, 0.25) is 0 Å². The van der Waals surface area contributed by atoms with E-state index in [9.17, 15) is 0 Å². The molecule has 2 nitrogen and oxygen atoms in total. The Balaban J connectivity index is 1.77. The Morgan fingerprint density at radius 1 is 1.00 bits per heavy atom. The number of ether oxygens (including phenoxy) is 2. The molecule has 3 rings (SSSR count). The smallest absolute Gasteiger partial charge is 0.0954 e. The fourth-order valence-corrected chi connectivity index (χ4v) is 3.18. The van der Waals surface area contributed by atoms with Gasteiger partial charge in [0, 0.05) is 0 Å². The molecule has 0 N–H and O–H groups in total. The lowest BCUT2D eigenvalue weighted by Crippen LogP contribution is -2.17. The van der Waals surface area contributed by atoms with Crippen molar-refractivity contribution >= 4 is 0 Å². The van der Waals surface area contributed by atoms with Gasteiger partial charge in [0.05, 0.1) is 23.4 Å².